The fourth-order valence-corrected chi connectivity index (χ4v) is 2.37. The first-order valence-electron chi connectivity index (χ1n) is 6.36. The molecule has 0 atom stereocenters. The van der Waals surface area contributed by atoms with Crippen LogP contribution in [0.5, 0.6) is 11.5 Å². The number of benzene rings is 2. The number of fused-ring (bicyclic) bond motifs is 1. The Morgan fingerprint density at radius 3 is 2.65 bits per heavy atom. The van der Waals surface area contributed by atoms with Crippen LogP contribution in [-0.4, -0.2) is 19.0 Å². The summed E-state index contributed by atoms with van der Waals surface area (Å²) in [6.45, 7) is 2.88. The minimum absolute atomic E-state index is 0.0676. The Morgan fingerprint density at radius 1 is 1.10 bits per heavy atom. The Labute approximate surface area is 122 Å². The van der Waals surface area contributed by atoms with Crippen LogP contribution in [0.1, 0.15) is 21.5 Å². The summed E-state index contributed by atoms with van der Waals surface area (Å²) < 4.78 is 11.0. The molecule has 2 aromatic carbocycles. The Kier molecular flexibility index (Phi) is 3.36. The molecule has 0 spiro atoms. The van der Waals surface area contributed by atoms with Crippen LogP contribution in [0.2, 0.25) is 5.02 Å². The summed E-state index contributed by atoms with van der Waals surface area (Å²) in [4.78, 5) is 12.6. The average molecular weight is 289 g/mol. The quantitative estimate of drug-likeness (QED) is 0.791. The summed E-state index contributed by atoms with van der Waals surface area (Å²) in [7, 11) is 0. The number of hydrogen-bond donors (Lipinski definition) is 0. The number of halogens is 1. The first kappa shape index (κ1) is 13.0. The summed E-state index contributed by atoms with van der Waals surface area (Å²) in [5.41, 5.74) is 1.96. The molecule has 0 bridgehead atoms. The summed E-state index contributed by atoms with van der Waals surface area (Å²) in [5, 5.41) is 0.591. The molecular weight excluding hydrogens is 276 g/mol. The van der Waals surface area contributed by atoms with Crippen LogP contribution < -0.4 is 9.47 Å². The van der Waals surface area contributed by atoms with E-state index in [1.54, 1.807) is 36.4 Å². The highest BCUT2D eigenvalue weighted by Crippen LogP contribution is 2.32. The van der Waals surface area contributed by atoms with Crippen molar-refractivity contribution >= 4 is 17.4 Å². The van der Waals surface area contributed by atoms with Crippen LogP contribution in [0, 0.1) is 6.92 Å². The van der Waals surface area contributed by atoms with Crippen LogP contribution in [0.4, 0.5) is 0 Å². The lowest BCUT2D eigenvalue weighted by atomic mass is 9.99. The van der Waals surface area contributed by atoms with Gasteiger partial charge >= 0.3 is 0 Å². The summed E-state index contributed by atoms with van der Waals surface area (Å²) in [5.74, 6) is 1.22. The molecule has 3 nitrogen and oxygen atoms in total. The molecule has 0 aromatic heterocycles. The molecule has 0 N–H and O–H groups in total. The Balaban J connectivity index is 2.00. The monoisotopic (exact) mass is 288 g/mol. The van der Waals surface area contributed by atoms with Crippen molar-refractivity contribution in [3.63, 3.8) is 0 Å². The highest BCUT2D eigenvalue weighted by atomic mass is 35.5. The van der Waals surface area contributed by atoms with Gasteiger partial charge in [-0.2, -0.15) is 0 Å². The van der Waals surface area contributed by atoms with Crippen molar-refractivity contribution in [2.45, 2.75) is 6.92 Å². The molecule has 0 saturated carbocycles. The number of carbonyl (C=O) groups excluding carboxylic acids is 1. The van der Waals surface area contributed by atoms with E-state index in [2.05, 4.69) is 0 Å². The highest BCUT2D eigenvalue weighted by Gasteiger charge is 2.17. The van der Waals surface area contributed by atoms with Gasteiger partial charge in [0, 0.05) is 16.1 Å². The third-order valence-electron chi connectivity index (χ3n) is 3.32. The van der Waals surface area contributed by atoms with Gasteiger partial charge in [-0.3, -0.25) is 4.79 Å². The lowest BCUT2D eigenvalue weighted by Crippen LogP contribution is -2.16. The lowest BCUT2D eigenvalue weighted by molar-refractivity contribution is 0.103. The van der Waals surface area contributed by atoms with Gasteiger partial charge in [-0.25, -0.2) is 0 Å². The Hall–Kier alpha value is -2.00. The predicted octanol–water partition coefficient (Wildman–Crippen LogP) is 3.65. The van der Waals surface area contributed by atoms with Crippen molar-refractivity contribution in [3.8, 4) is 11.5 Å². The minimum Gasteiger partial charge on any atom is -0.486 e. The lowest BCUT2D eigenvalue weighted by Gasteiger charge is -2.18. The zero-order valence-corrected chi connectivity index (χ0v) is 11.7. The van der Waals surface area contributed by atoms with Gasteiger partial charge in [0.1, 0.15) is 13.2 Å². The minimum atomic E-state index is -0.0676. The third kappa shape index (κ3) is 2.25. The van der Waals surface area contributed by atoms with Gasteiger partial charge in [0.2, 0.25) is 0 Å². The zero-order chi connectivity index (χ0) is 14.1. The van der Waals surface area contributed by atoms with Crippen molar-refractivity contribution in [1.29, 1.82) is 0 Å². The van der Waals surface area contributed by atoms with Crippen LogP contribution >= 0.6 is 11.6 Å². The molecule has 3 rings (SSSR count). The fourth-order valence-electron chi connectivity index (χ4n) is 2.19. The number of ketones is 1. The second-order valence-electron chi connectivity index (χ2n) is 4.60. The van der Waals surface area contributed by atoms with Crippen LogP contribution in [-0.2, 0) is 0 Å². The summed E-state index contributed by atoms with van der Waals surface area (Å²) >= 11 is 6.06. The van der Waals surface area contributed by atoms with Crippen molar-refractivity contribution in [3.05, 3.63) is 58.1 Å². The third-order valence-corrected chi connectivity index (χ3v) is 3.73. The zero-order valence-electron chi connectivity index (χ0n) is 11.0. The second kappa shape index (κ2) is 5.17. The maximum Gasteiger partial charge on any atom is 0.193 e. The number of ether oxygens (including phenoxy) is 2. The molecule has 0 amide bonds. The number of hydrogen-bond acceptors (Lipinski definition) is 3. The average Bonchev–Trinajstić information content (AvgIpc) is 2.49. The van der Waals surface area contributed by atoms with Gasteiger partial charge in [-0.05, 0) is 36.8 Å². The molecule has 2 aromatic rings. The molecule has 0 fully saturated rings. The second-order valence-corrected chi connectivity index (χ2v) is 5.01. The first-order chi connectivity index (χ1) is 9.66. The molecule has 20 heavy (non-hydrogen) atoms. The van der Waals surface area contributed by atoms with E-state index in [9.17, 15) is 4.79 Å². The number of carbonyl (C=O) groups is 1. The van der Waals surface area contributed by atoms with Crippen molar-refractivity contribution in [2.75, 3.05) is 13.2 Å². The van der Waals surface area contributed by atoms with E-state index in [0.717, 1.165) is 5.56 Å². The van der Waals surface area contributed by atoms with Gasteiger partial charge in [-0.15, -0.1) is 0 Å². The molecule has 0 aliphatic carbocycles. The number of rotatable bonds is 2. The summed E-state index contributed by atoms with van der Waals surface area (Å²) in [6, 6.07) is 10.6. The predicted molar refractivity (Wildman–Crippen MR) is 77.1 cm³/mol. The van der Waals surface area contributed by atoms with Crippen molar-refractivity contribution in [2.24, 2.45) is 0 Å². The van der Waals surface area contributed by atoms with Gasteiger partial charge < -0.3 is 9.47 Å². The van der Waals surface area contributed by atoms with Crippen LogP contribution in [0.3, 0.4) is 0 Å². The van der Waals surface area contributed by atoms with Gasteiger partial charge in [-0.1, -0.05) is 23.7 Å². The largest absolute Gasteiger partial charge is 0.486 e. The van der Waals surface area contributed by atoms with Crippen LogP contribution in [0.25, 0.3) is 0 Å². The van der Waals surface area contributed by atoms with E-state index in [-0.39, 0.29) is 5.78 Å². The van der Waals surface area contributed by atoms with Gasteiger partial charge in [0.15, 0.2) is 17.3 Å². The molecule has 0 unspecified atom stereocenters. The maximum atomic E-state index is 12.6. The molecule has 1 aliphatic rings. The molecule has 102 valence electrons. The van der Waals surface area contributed by atoms with Crippen molar-refractivity contribution < 1.29 is 14.3 Å². The Bertz CT molecular complexity index is 679. The van der Waals surface area contributed by atoms with Gasteiger partial charge in [0.25, 0.3) is 0 Å². The van der Waals surface area contributed by atoms with E-state index in [1.165, 1.54) is 0 Å². The fraction of sp³-hybridized carbons (Fsp3) is 0.188. The SMILES string of the molecule is Cc1c(Cl)cccc1C(=O)c1ccc2c(c1)OCCO2. The van der Waals surface area contributed by atoms with E-state index in [1.807, 2.05) is 6.92 Å². The molecule has 4 heteroatoms. The normalized spacial score (nSPS) is 13.1. The highest BCUT2D eigenvalue weighted by molar-refractivity contribution is 6.32. The molecule has 0 radical (unpaired) electrons. The van der Waals surface area contributed by atoms with E-state index >= 15 is 0 Å². The summed E-state index contributed by atoms with van der Waals surface area (Å²) in [6.07, 6.45) is 0. The molecule has 0 saturated heterocycles. The Morgan fingerprint density at radius 2 is 1.85 bits per heavy atom. The molecular formula is C16H13ClO3. The topological polar surface area (TPSA) is 35.5 Å². The smallest absolute Gasteiger partial charge is 0.193 e. The molecule has 1 heterocycles. The van der Waals surface area contributed by atoms with Gasteiger partial charge in [0.05, 0.1) is 0 Å². The van der Waals surface area contributed by atoms with Crippen LogP contribution in [0.15, 0.2) is 36.4 Å². The van der Waals surface area contributed by atoms with E-state index in [4.69, 9.17) is 21.1 Å². The van der Waals surface area contributed by atoms with E-state index in [0.29, 0.717) is 40.9 Å². The standard InChI is InChI=1S/C16H13ClO3/c1-10-12(3-2-4-13(10)17)16(18)11-5-6-14-15(9-11)20-8-7-19-14/h2-6,9H,7-8H2,1H3. The molecule has 1 aliphatic heterocycles. The first-order valence-corrected chi connectivity index (χ1v) is 6.74. The van der Waals surface area contributed by atoms with E-state index < -0.39 is 0 Å². The maximum absolute atomic E-state index is 12.6. The van der Waals surface area contributed by atoms with Crippen molar-refractivity contribution in [1.82, 2.24) is 0 Å².